The molecule has 0 fully saturated rings. The molecule has 3 rings (SSSR count). The van der Waals surface area contributed by atoms with E-state index in [-0.39, 0.29) is 5.91 Å². The largest absolute Gasteiger partial charge is 0.354 e. The molecule has 1 atom stereocenters. The van der Waals surface area contributed by atoms with Gasteiger partial charge in [-0.2, -0.15) is 0 Å². The zero-order chi connectivity index (χ0) is 14.0. The first kappa shape index (κ1) is 12.9. The number of carbonyl (C=O) groups is 1. The van der Waals surface area contributed by atoms with Gasteiger partial charge in [0.05, 0.1) is 0 Å². The molecule has 1 heterocycles. The van der Waals surface area contributed by atoms with Crippen LogP contribution in [-0.2, 0) is 23.2 Å². The molecule has 3 heteroatoms. The number of carbonyl (C=O) groups excluding carboxylic acids is 1. The van der Waals surface area contributed by atoms with Crippen molar-refractivity contribution in [2.24, 2.45) is 5.73 Å². The summed E-state index contributed by atoms with van der Waals surface area (Å²) in [6.07, 6.45) is 1.34. The molecule has 2 aromatic rings. The van der Waals surface area contributed by atoms with E-state index in [0.717, 1.165) is 23.1 Å². The number of rotatable bonds is 2. The van der Waals surface area contributed by atoms with Crippen LogP contribution < -0.4 is 11.1 Å². The highest BCUT2D eigenvalue weighted by molar-refractivity contribution is 5.88. The fourth-order valence-electron chi connectivity index (χ4n) is 2.86. The number of nitrogens with two attached hydrogens (primary N) is 1. The minimum absolute atomic E-state index is 0.0914. The van der Waals surface area contributed by atoms with E-state index >= 15 is 0 Å². The maximum atomic E-state index is 12.5. The van der Waals surface area contributed by atoms with Crippen LogP contribution in [0.4, 0.5) is 0 Å². The van der Waals surface area contributed by atoms with Crippen molar-refractivity contribution in [3.8, 4) is 0 Å². The lowest BCUT2D eigenvalue weighted by molar-refractivity contribution is -0.126. The molecule has 0 spiro atoms. The third-order valence-corrected chi connectivity index (χ3v) is 3.91. The number of nitrogens with one attached hydrogen (secondary N) is 1. The monoisotopic (exact) mass is 266 g/mol. The Labute approximate surface area is 118 Å². The van der Waals surface area contributed by atoms with E-state index in [1.54, 1.807) is 0 Å². The summed E-state index contributed by atoms with van der Waals surface area (Å²) >= 11 is 0. The second-order valence-corrected chi connectivity index (χ2v) is 5.30. The minimum Gasteiger partial charge on any atom is -0.354 e. The van der Waals surface area contributed by atoms with Crippen LogP contribution >= 0.6 is 0 Å². The molecule has 0 aliphatic carbocycles. The van der Waals surface area contributed by atoms with Crippen molar-refractivity contribution in [2.75, 3.05) is 6.54 Å². The summed E-state index contributed by atoms with van der Waals surface area (Å²) in [5.74, 6) is -0.0914. The number of hydrogen-bond acceptors (Lipinski definition) is 2. The average molecular weight is 266 g/mol. The van der Waals surface area contributed by atoms with Crippen LogP contribution in [0.3, 0.4) is 0 Å². The van der Waals surface area contributed by atoms with E-state index in [1.807, 2.05) is 48.5 Å². The number of amides is 1. The van der Waals surface area contributed by atoms with E-state index in [9.17, 15) is 4.79 Å². The first-order chi connectivity index (χ1) is 9.70. The number of benzene rings is 2. The van der Waals surface area contributed by atoms with Crippen molar-refractivity contribution in [3.63, 3.8) is 0 Å². The summed E-state index contributed by atoms with van der Waals surface area (Å²) in [6, 6.07) is 17.9. The van der Waals surface area contributed by atoms with Crippen LogP contribution in [0.1, 0.15) is 16.7 Å². The predicted octanol–water partition coefficient (Wildman–Crippen LogP) is 1.76. The fraction of sp³-hybridized carbons (Fsp3) is 0.235. The lowest BCUT2D eigenvalue weighted by Gasteiger charge is -2.28. The van der Waals surface area contributed by atoms with Gasteiger partial charge in [-0.15, -0.1) is 0 Å². The summed E-state index contributed by atoms with van der Waals surface area (Å²) < 4.78 is 0. The Morgan fingerprint density at radius 1 is 1.05 bits per heavy atom. The van der Waals surface area contributed by atoms with Gasteiger partial charge >= 0.3 is 0 Å². The highest BCUT2D eigenvalue weighted by Gasteiger charge is 2.39. The van der Waals surface area contributed by atoms with E-state index in [0.29, 0.717) is 13.0 Å². The molecule has 0 aromatic heterocycles. The molecule has 2 aromatic carbocycles. The number of hydrogen-bond donors (Lipinski definition) is 2. The van der Waals surface area contributed by atoms with Gasteiger partial charge in [0.15, 0.2) is 0 Å². The van der Waals surface area contributed by atoms with Gasteiger partial charge in [-0.25, -0.2) is 0 Å². The minimum atomic E-state index is -0.992. The SMILES string of the molecule is NC1(Cc2ccccc2)C(=O)NCCc2ccccc21. The molecule has 1 aliphatic heterocycles. The molecule has 0 bridgehead atoms. The zero-order valence-corrected chi connectivity index (χ0v) is 11.3. The van der Waals surface area contributed by atoms with Gasteiger partial charge in [-0.05, 0) is 23.1 Å². The standard InChI is InChI=1S/C17H18N2O/c18-17(12-13-6-2-1-3-7-13)15-9-5-4-8-14(15)10-11-19-16(17)20/h1-9H,10-12,18H2,(H,19,20). The second-order valence-electron chi connectivity index (χ2n) is 5.30. The molecule has 0 radical (unpaired) electrons. The second kappa shape index (κ2) is 5.10. The molecule has 1 unspecified atom stereocenters. The Bertz CT molecular complexity index is 624. The highest BCUT2D eigenvalue weighted by Crippen LogP contribution is 2.28. The molecule has 3 N–H and O–H groups in total. The van der Waals surface area contributed by atoms with Crippen LogP contribution in [0.25, 0.3) is 0 Å². The molecule has 0 saturated heterocycles. The highest BCUT2D eigenvalue weighted by atomic mass is 16.2. The van der Waals surface area contributed by atoms with Gasteiger partial charge in [0.25, 0.3) is 0 Å². The lowest BCUT2D eigenvalue weighted by atomic mass is 9.81. The van der Waals surface area contributed by atoms with Gasteiger partial charge in [-0.1, -0.05) is 54.6 Å². The lowest BCUT2D eigenvalue weighted by Crippen LogP contribution is -2.52. The zero-order valence-electron chi connectivity index (χ0n) is 11.3. The van der Waals surface area contributed by atoms with Crippen molar-refractivity contribution in [1.29, 1.82) is 0 Å². The summed E-state index contributed by atoms with van der Waals surface area (Å²) in [6.45, 7) is 0.642. The molecular weight excluding hydrogens is 248 g/mol. The van der Waals surface area contributed by atoms with Crippen LogP contribution in [0.15, 0.2) is 54.6 Å². The summed E-state index contributed by atoms with van der Waals surface area (Å²) in [5.41, 5.74) is 8.71. The summed E-state index contributed by atoms with van der Waals surface area (Å²) in [4.78, 5) is 12.5. The first-order valence-electron chi connectivity index (χ1n) is 6.90. The first-order valence-corrected chi connectivity index (χ1v) is 6.90. The van der Waals surface area contributed by atoms with Crippen LogP contribution in [0, 0.1) is 0 Å². The molecule has 3 nitrogen and oxygen atoms in total. The van der Waals surface area contributed by atoms with E-state index in [4.69, 9.17) is 5.73 Å². The van der Waals surface area contributed by atoms with Crippen molar-refractivity contribution >= 4 is 5.91 Å². The number of fused-ring (bicyclic) bond motifs is 1. The molecular formula is C17H18N2O. The Morgan fingerprint density at radius 2 is 1.75 bits per heavy atom. The van der Waals surface area contributed by atoms with Gasteiger partial charge in [0, 0.05) is 13.0 Å². The molecule has 0 saturated carbocycles. The van der Waals surface area contributed by atoms with Crippen molar-refractivity contribution < 1.29 is 4.79 Å². The van der Waals surface area contributed by atoms with Gasteiger partial charge in [-0.3, -0.25) is 4.79 Å². The normalized spacial score (nSPS) is 21.8. The van der Waals surface area contributed by atoms with E-state index in [1.165, 1.54) is 0 Å². The summed E-state index contributed by atoms with van der Waals surface area (Å²) in [7, 11) is 0. The molecule has 102 valence electrons. The molecule has 20 heavy (non-hydrogen) atoms. The summed E-state index contributed by atoms with van der Waals surface area (Å²) in [5, 5.41) is 2.94. The van der Waals surface area contributed by atoms with E-state index in [2.05, 4.69) is 11.4 Å². The van der Waals surface area contributed by atoms with Crippen molar-refractivity contribution in [2.45, 2.75) is 18.4 Å². The smallest absolute Gasteiger partial charge is 0.245 e. The Balaban J connectivity index is 2.06. The average Bonchev–Trinajstić information content (AvgIpc) is 2.59. The van der Waals surface area contributed by atoms with Crippen LogP contribution in [0.5, 0.6) is 0 Å². The fourth-order valence-corrected chi connectivity index (χ4v) is 2.86. The Kier molecular flexibility index (Phi) is 3.28. The van der Waals surface area contributed by atoms with Crippen LogP contribution in [-0.4, -0.2) is 12.5 Å². The maximum Gasteiger partial charge on any atom is 0.245 e. The third-order valence-electron chi connectivity index (χ3n) is 3.91. The van der Waals surface area contributed by atoms with Gasteiger partial charge in [0.2, 0.25) is 5.91 Å². The van der Waals surface area contributed by atoms with E-state index < -0.39 is 5.54 Å². The third kappa shape index (κ3) is 2.21. The topological polar surface area (TPSA) is 55.1 Å². The van der Waals surface area contributed by atoms with Crippen molar-refractivity contribution in [3.05, 3.63) is 71.3 Å². The molecule has 1 amide bonds. The Hall–Kier alpha value is -2.13. The van der Waals surface area contributed by atoms with Gasteiger partial charge < -0.3 is 11.1 Å². The quantitative estimate of drug-likeness (QED) is 0.870. The van der Waals surface area contributed by atoms with Crippen LogP contribution in [0.2, 0.25) is 0 Å². The predicted molar refractivity (Wildman–Crippen MR) is 79.2 cm³/mol. The maximum absolute atomic E-state index is 12.5. The van der Waals surface area contributed by atoms with Crippen molar-refractivity contribution in [1.82, 2.24) is 5.32 Å². The van der Waals surface area contributed by atoms with Gasteiger partial charge in [0.1, 0.15) is 5.54 Å². The Morgan fingerprint density at radius 3 is 2.55 bits per heavy atom. The molecule has 1 aliphatic rings.